The van der Waals surface area contributed by atoms with Gasteiger partial charge in [-0.3, -0.25) is 0 Å². The van der Waals surface area contributed by atoms with E-state index in [9.17, 15) is 19.2 Å². The third kappa shape index (κ3) is 16.3. The standard InChI is InChI=1S/C38H44O10/c1-6-35(39)45-24-11-9-8-10-23-44-32-18-16-31(17-19-32)38(42)47-33-20-21-34(29(4)27-33)48-37(41)22-14-28(3)13-15-30(5)43-25-12-26-46-36(40)7-2/h6-7,13-22,27H,1-2,8-12,23-26H2,3-5H3/b22-14+,28-13+,30-15+. The minimum Gasteiger partial charge on any atom is -0.498 e. The number of aryl methyl sites for hydroxylation is 1. The van der Waals surface area contributed by atoms with Crippen molar-refractivity contribution in [3.05, 3.63) is 115 Å². The van der Waals surface area contributed by atoms with Gasteiger partial charge in [0.05, 0.1) is 37.8 Å². The van der Waals surface area contributed by atoms with Crippen LogP contribution in [0.1, 0.15) is 61.9 Å². The van der Waals surface area contributed by atoms with Crippen LogP contribution in [-0.2, 0) is 28.6 Å². The van der Waals surface area contributed by atoms with Crippen molar-refractivity contribution in [1.29, 1.82) is 0 Å². The van der Waals surface area contributed by atoms with Crippen LogP contribution in [0.2, 0.25) is 0 Å². The first kappa shape index (κ1) is 38.8. The first-order valence-corrected chi connectivity index (χ1v) is 15.6. The van der Waals surface area contributed by atoms with Crippen LogP contribution in [0.3, 0.4) is 0 Å². The van der Waals surface area contributed by atoms with Crippen molar-refractivity contribution < 1.29 is 47.6 Å². The molecule has 0 N–H and O–H groups in total. The molecule has 10 heteroatoms. The van der Waals surface area contributed by atoms with E-state index in [1.54, 1.807) is 74.5 Å². The largest absolute Gasteiger partial charge is 0.498 e. The number of carbonyl (C=O) groups is 4. The average molecular weight is 661 g/mol. The summed E-state index contributed by atoms with van der Waals surface area (Å²) in [5.41, 5.74) is 1.78. The molecule has 0 spiro atoms. The molecule has 0 radical (unpaired) electrons. The molecule has 0 amide bonds. The summed E-state index contributed by atoms with van der Waals surface area (Å²) in [7, 11) is 0. The van der Waals surface area contributed by atoms with Crippen LogP contribution in [0.4, 0.5) is 0 Å². The Bertz CT molecular complexity index is 1480. The summed E-state index contributed by atoms with van der Waals surface area (Å²) in [5, 5.41) is 0. The number of carbonyl (C=O) groups excluding carboxylic acids is 4. The van der Waals surface area contributed by atoms with Crippen molar-refractivity contribution in [3.63, 3.8) is 0 Å². The molecule has 256 valence electrons. The SMILES string of the molecule is C=CC(=O)OCCCCCCOc1ccc(C(=O)Oc2ccc(OC(=O)/C=C/C(C)=C/C=C(\C)OCCCOC(=O)C=C)c(C)c2)cc1. The fourth-order valence-electron chi connectivity index (χ4n) is 3.85. The summed E-state index contributed by atoms with van der Waals surface area (Å²) in [6.45, 7) is 13.6. The number of benzene rings is 2. The lowest BCUT2D eigenvalue weighted by Gasteiger charge is -2.10. The maximum absolute atomic E-state index is 12.7. The summed E-state index contributed by atoms with van der Waals surface area (Å²) in [6.07, 6.45) is 12.8. The van der Waals surface area contributed by atoms with Crippen LogP contribution in [0.15, 0.2) is 103 Å². The van der Waals surface area contributed by atoms with E-state index in [-0.39, 0.29) is 6.61 Å². The van der Waals surface area contributed by atoms with Gasteiger partial charge >= 0.3 is 23.9 Å². The third-order valence-electron chi connectivity index (χ3n) is 6.47. The number of unbranched alkanes of at least 4 members (excludes halogenated alkanes) is 3. The van der Waals surface area contributed by atoms with Crippen molar-refractivity contribution in [2.75, 3.05) is 26.4 Å². The molecule has 2 aromatic carbocycles. The summed E-state index contributed by atoms with van der Waals surface area (Å²) in [5.74, 6) is 0.00526. The maximum Gasteiger partial charge on any atom is 0.343 e. The Morgan fingerprint density at radius 2 is 1.25 bits per heavy atom. The van der Waals surface area contributed by atoms with Crippen molar-refractivity contribution in [2.45, 2.75) is 52.9 Å². The van der Waals surface area contributed by atoms with E-state index in [1.807, 2.05) is 6.92 Å². The quantitative estimate of drug-likeness (QED) is 0.0336. The maximum atomic E-state index is 12.7. The van der Waals surface area contributed by atoms with E-state index < -0.39 is 23.9 Å². The van der Waals surface area contributed by atoms with Gasteiger partial charge in [-0.05, 0) is 101 Å². The zero-order valence-corrected chi connectivity index (χ0v) is 27.9. The van der Waals surface area contributed by atoms with Gasteiger partial charge < -0.3 is 28.4 Å². The molecule has 2 aromatic rings. The van der Waals surface area contributed by atoms with Crippen molar-refractivity contribution in [2.24, 2.45) is 0 Å². The highest BCUT2D eigenvalue weighted by atomic mass is 16.5. The Labute approximate surface area is 282 Å². The summed E-state index contributed by atoms with van der Waals surface area (Å²) in [6, 6.07) is 11.4. The molecule has 0 atom stereocenters. The van der Waals surface area contributed by atoms with E-state index in [1.165, 1.54) is 6.08 Å². The fourth-order valence-corrected chi connectivity index (χ4v) is 3.85. The summed E-state index contributed by atoms with van der Waals surface area (Å²) < 4.78 is 32.1. The fraction of sp³-hybridized carbons (Fsp3) is 0.316. The van der Waals surface area contributed by atoms with Crippen LogP contribution < -0.4 is 14.2 Å². The number of rotatable bonds is 21. The molecule has 2 rings (SSSR count). The second kappa shape index (κ2) is 22.2. The molecule has 0 bridgehead atoms. The Morgan fingerprint density at radius 1 is 0.646 bits per heavy atom. The number of allylic oxidation sites excluding steroid dienone is 5. The molecule has 0 aliphatic carbocycles. The zero-order chi connectivity index (χ0) is 35.1. The number of ether oxygens (including phenoxy) is 6. The van der Waals surface area contributed by atoms with Gasteiger partial charge in [0.15, 0.2) is 0 Å². The lowest BCUT2D eigenvalue weighted by molar-refractivity contribution is -0.138. The molecule has 0 unspecified atom stereocenters. The van der Waals surface area contributed by atoms with Gasteiger partial charge in [-0.1, -0.05) is 30.9 Å². The monoisotopic (exact) mass is 660 g/mol. The molecule has 0 saturated heterocycles. The van der Waals surface area contributed by atoms with Crippen LogP contribution in [0.5, 0.6) is 17.2 Å². The van der Waals surface area contributed by atoms with Crippen LogP contribution in [0.25, 0.3) is 0 Å². The molecular weight excluding hydrogens is 616 g/mol. The predicted molar refractivity (Wildman–Crippen MR) is 182 cm³/mol. The van der Waals surface area contributed by atoms with E-state index in [2.05, 4.69) is 13.2 Å². The van der Waals surface area contributed by atoms with E-state index in [0.29, 0.717) is 60.4 Å². The third-order valence-corrected chi connectivity index (χ3v) is 6.47. The summed E-state index contributed by atoms with van der Waals surface area (Å²) >= 11 is 0. The highest BCUT2D eigenvalue weighted by molar-refractivity contribution is 5.91. The molecule has 0 saturated carbocycles. The van der Waals surface area contributed by atoms with Gasteiger partial charge in [-0.2, -0.15) is 0 Å². The Hall–Kier alpha value is -5.38. The number of esters is 4. The smallest absolute Gasteiger partial charge is 0.343 e. The lowest BCUT2D eigenvalue weighted by atomic mass is 10.2. The molecule has 0 fully saturated rings. The van der Waals surface area contributed by atoms with E-state index in [4.69, 9.17) is 28.4 Å². The van der Waals surface area contributed by atoms with Crippen molar-refractivity contribution >= 4 is 23.9 Å². The van der Waals surface area contributed by atoms with Gasteiger partial charge in [0.1, 0.15) is 17.2 Å². The molecule has 0 aromatic heterocycles. The molecule has 0 aliphatic rings. The summed E-state index contributed by atoms with van der Waals surface area (Å²) in [4.78, 5) is 47.1. The van der Waals surface area contributed by atoms with Gasteiger partial charge in [0.25, 0.3) is 0 Å². The highest BCUT2D eigenvalue weighted by Gasteiger charge is 2.12. The number of hydrogen-bond acceptors (Lipinski definition) is 10. The normalized spacial score (nSPS) is 11.4. The molecule has 48 heavy (non-hydrogen) atoms. The zero-order valence-electron chi connectivity index (χ0n) is 27.9. The minimum atomic E-state index is -0.560. The van der Waals surface area contributed by atoms with Crippen molar-refractivity contribution in [1.82, 2.24) is 0 Å². The average Bonchev–Trinajstić information content (AvgIpc) is 3.08. The second-order valence-electron chi connectivity index (χ2n) is 10.5. The van der Waals surface area contributed by atoms with Gasteiger partial charge in [-0.15, -0.1) is 0 Å². The Balaban J connectivity index is 1.75. The van der Waals surface area contributed by atoms with E-state index in [0.717, 1.165) is 43.4 Å². The van der Waals surface area contributed by atoms with Gasteiger partial charge in [0.2, 0.25) is 0 Å². The van der Waals surface area contributed by atoms with E-state index >= 15 is 0 Å². The molecule has 10 nitrogen and oxygen atoms in total. The van der Waals surface area contributed by atoms with Crippen LogP contribution in [-0.4, -0.2) is 50.3 Å². The van der Waals surface area contributed by atoms with Gasteiger partial charge in [-0.25, -0.2) is 19.2 Å². The molecule has 0 heterocycles. The first-order valence-electron chi connectivity index (χ1n) is 15.6. The lowest BCUT2D eigenvalue weighted by Crippen LogP contribution is -2.09. The minimum absolute atomic E-state index is 0.250. The molecule has 0 aliphatic heterocycles. The topological polar surface area (TPSA) is 124 Å². The van der Waals surface area contributed by atoms with Crippen molar-refractivity contribution in [3.8, 4) is 17.2 Å². The van der Waals surface area contributed by atoms with Gasteiger partial charge in [0, 0.05) is 24.6 Å². The second-order valence-corrected chi connectivity index (χ2v) is 10.5. The van der Waals surface area contributed by atoms with Crippen LogP contribution >= 0.6 is 0 Å². The number of hydrogen-bond donors (Lipinski definition) is 0. The Kier molecular flexibility index (Phi) is 17.9. The predicted octanol–water partition coefficient (Wildman–Crippen LogP) is 7.33. The Morgan fingerprint density at radius 3 is 1.90 bits per heavy atom. The molecular formula is C38H44O10. The highest BCUT2D eigenvalue weighted by Crippen LogP contribution is 2.25. The van der Waals surface area contributed by atoms with Crippen LogP contribution in [0, 0.1) is 6.92 Å². The first-order chi connectivity index (χ1) is 23.1.